The highest BCUT2D eigenvalue weighted by atomic mass is 14.1. The Bertz CT molecular complexity index is 344. The van der Waals surface area contributed by atoms with Crippen LogP contribution < -0.4 is 0 Å². The molecule has 0 N–H and O–H groups in total. The predicted octanol–water partition coefficient (Wildman–Crippen LogP) is 4.06. The summed E-state index contributed by atoms with van der Waals surface area (Å²) in [7, 11) is 0. The zero-order chi connectivity index (χ0) is 9.80. The number of allylic oxidation sites excluding steroid dienone is 4. The second kappa shape index (κ2) is 4.28. The van der Waals surface area contributed by atoms with E-state index in [2.05, 4.69) is 55.5 Å². The van der Waals surface area contributed by atoms with Gasteiger partial charge in [-0.2, -0.15) is 0 Å². The van der Waals surface area contributed by atoms with Gasteiger partial charge in [-0.05, 0) is 29.9 Å². The maximum Gasteiger partial charge on any atom is -0.0187 e. The SMILES string of the molecule is CCC1C=CC(c2ccccc2)=CC1. The molecule has 14 heavy (non-hydrogen) atoms. The normalized spacial score (nSPS) is 20.6. The highest BCUT2D eigenvalue weighted by molar-refractivity contribution is 5.74. The summed E-state index contributed by atoms with van der Waals surface area (Å²) in [6.07, 6.45) is 9.38. The topological polar surface area (TPSA) is 0 Å². The van der Waals surface area contributed by atoms with E-state index in [1.54, 1.807) is 0 Å². The van der Waals surface area contributed by atoms with Crippen molar-refractivity contribution in [3.05, 3.63) is 54.1 Å². The first kappa shape index (κ1) is 9.26. The fourth-order valence-corrected chi connectivity index (χ4v) is 1.81. The van der Waals surface area contributed by atoms with Crippen molar-refractivity contribution in [2.24, 2.45) is 5.92 Å². The lowest BCUT2D eigenvalue weighted by Crippen LogP contribution is -1.97. The largest absolute Gasteiger partial charge is 0.0805 e. The Morgan fingerprint density at radius 3 is 2.57 bits per heavy atom. The first-order valence-electron chi connectivity index (χ1n) is 5.34. The van der Waals surface area contributed by atoms with Crippen LogP contribution in [0.15, 0.2) is 48.6 Å². The van der Waals surface area contributed by atoms with E-state index >= 15 is 0 Å². The minimum absolute atomic E-state index is 0.752. The van der Waals surface area contributed by atoms with Gasteiger partial charge in [0, 0.05) is 0 Å². The molecular formula is C14H16. The van der Waals surface area contributed by atoms with Crippen molar-refractivity contribution in [3.8, 4) is 0 Å². The van der Waals surface area contributed by atoms with Gasteiger partial charge in [0.15, 0.2) is 0 Å². The molecular weight excluding hydrogens is 168 g/mol. The molecule has 1 atom stereocenters. The van der Waals surface area contributed by atoms with E-state index in [-0.39, 0.29) is 0 Å². The molecule has 1 unspecified atom stereocenters. The molecule has 0 aliphatic heterocycles. The van der Waals surface area contributed by atoms with Crippen LogP contribution in [0, 0.1) is 5.92 Å². The first-order chi connectivity index (χ1) is 6.90. The molecule has 0 heteroatoms. The molecule has 0 heterocycles. The Labute approximate surface area is 86.0 Å². The van der Waals surface area contributed by atoms with Crippen molar-refractivity contribution in [1.82, 2.24) is 0 Å². The molecule has 0 bridgehead atoms. The third-order valence-electron chi connectivity index (χ3n) is 2.82. The highest BCUT2D eigenvalue weighted by Gasteiger charge is 2.06. The van der Waals surface area contributed by atoms with E-state index < -0.39 is 0 Å². The van der Waals surface area contributed by atoms with Crippen molar-refractivity contribution in [1.29, 1.82) is 0 Å². The summed E-state index contributed by atoms with van der Waals surface area (Å²) in [4.78, 5) is 0. The second-order valence-corrected chi connectivity index (χ2v) is 3.79. The number of hydrogen-bond donors (Lipinski definition) is 0. The van der Waals surface area contributed by atoms with Gasteiger partial charge in [-0.1, -0.05) is 55.5 Å². The molecule has 1 aliphatic carbocycles. The lowest BCUT2D eigenvalue weighted by molar-refractivity contribution is 0.634. The fraction of sp³-hybridized carbons (Fsp3) is 0.286. The third kappa shape index (κ3) is 1.95. The Balaban J connectivity index is 2.16. The van der Waals surface area contributed by atoms with Crippen molar-refractivity contribution in [3.63, 3.8) is 0 Å². The minimum atomic E-state index is 0.752. The molecule has 2 rings (SSSR count). The van der Waals surface area contributed by atoms with Crippen LogP contribution in [0.5, 0.6) is 0 Å². The van der Waals surface area contributed by atoms with Gasteiger partial charge in [0.25, 0.3) is 0 Å². The zero-order valence-electron chi connectivity index (χ0n) is 8.61. The molecule has 1 aromatic rings. The van der Waals surface area contributed by atoms with E-state index in [1.165, 1.54) is 24.0 Å². The summed E-state index contributed by atoms with van der Waals surface area (Å²) in [6.45, 7) is 2.25. The zero-order valence-corrected chi connectivity index (χ0v) is 8.61. The molecule has 72 valence electrons. The van der Waals surface area contributed by atoms with Crippen molar-refractivity contribution in [2.75, 3.05) is 0 Å². The average molecular weight is 184 g/mol. The monoisotopic (exact) mass is 184 g/mol. The predicted molar refractivity (Wildman–Crippen MR) is 62.0 cm³/mol. The van der Waals surface area contributed by atoms with Gasteiger partial charge in [-0.15, -0.1) is 0 Å². The van der Waals surface area contributed by atoms with Gasteiger partial charge < -0.3 is 0 Å². The van der Waals surface area contributed by atoms with Crippen molar-refractivity contribution in [2.45, 2.75) is 19.8 Å². The standard InChI is InChI=1S/C14H16/c1-2-12-8-10-14(11-9-12)13-6-4-3-5-7-13/h3-8,10-12H,2,9H2,1H3. The van der Waals surface area contributed by atoms with Gasteiger partial charge in [-0.3, -0.25) is 0 Å². The van der Waals surface area contributed by atoms with E-state index in [1.807, 2.05) is 0 Å². The first-order valence-corrected chi connectivity index (χ1v) is 5.34. The molecule has 0 nitrogen and oxygen atoms in total. The summed E-state index contributed by atoms with van der Waals surface area (Å²) in [5.74, 6) is 0.752. The van der Waals surface area contributed by atoms with Gasteiger partial charge in [0.1, 0.15) is 0 Å². The Hall–Kier alpha value is -1.30. The summed E-state index contributed by atoms with van der Waals surface area (Å²) >= 11 is 0. The van der Waals surface area contributed by atoms with Crippen LogP contribution in [-0.4, -0.2) is 0 Å². The van der Waals surface area contributed by atoms with Crippen LogP contribution in [0.4, 0.5) is 0 Å². The van der Waals surface area contributed by atoms with Crippen LogP contribution in [0.2, 0.25) is 0 Å². The van der Waals surface area contributed by atoms with E-state index in [4.69, 9.17) is 0 Å². The van der Waals surface area contributed by atoms with E-state index in [9.17, 15) is 0 Å². The fourth-order valence-electron chi connectivity index (χ4n) is 1.81. The molecule has 0 amide bonds. The van der Waals surface area contributed by atoms with E-state index in [0.717, 1.165) is 5.92 Å². The molecule has 0 radical (unpaired) electrons. The van der Waals surface area contributed by atoms with Crippen LogP contribution in [0.25, 0.3) is 5.57 Å². The van der Waals surface area contributed by atoms with E-state index in [0.29, 0.717) is 0 Å². The molecule has 0 saturated carbocycles. The summed E-state index contributed by atoms with van der Waals surface area (Å²) < 4.78 is 0. The Morgan fingerprint density at radius 1 is 1.21 bits per heavy atom. The molecule has 0 aromatic heterocycles. The maximum absolute atomic E-state index is 2.35. The number of benzene rings is 1. The maximum atomic E-state index is 2.35. The minimum Gasteiger partial charge on any atom is -0.0805 e. The van der Waals surface area contributed by atoms with Gasteiger partial charge in [0.2, 0.25) is 0 Å². The molecule has 0 spiro atoms. The van der Waals surface area contributed by atoms with Crippen LogP contribution in [0.1, 0.15) is 25.3 Å². The van der Waals surface area contributed by atoms with Crippen LogP contribution >= 0.6 is 0 Å². The van der Waals surface area contributed by atoms with Gasteiger partial charge in [0.05, 0.1) is 0 Å². The Morgan fingerprint density at radius 2 is 2.00 bits per heavy atom. The summed E-state index contributed by atoms with van der Waals surface area (Å²) in [5, 5.41) is 0. The average Bonchev–Trinajstić information content (AvgIpc) is 2.30. The number of hydrogen-bond acceptors (Lipinski definition) is 0. The quantitative estimate of drug-likeness (QED) is 0.650. The smallest absolute Gasteiger partial charge is 0.0187 e. The van der Waals surface area contributed by atoms with Gasteiger partial charge in [-0.25, -0.2) is 0 Å². The van der Waals surface area contributed by atoms with Crippen molar-refractivity contribution >= 4 is 5.57 Å². The second-order valence-electron chi connectivity index (χ2n) is 3.79. The summed E-state index contributed by atoms with van der Waals surface area (Å²) in [5.41, 5.74) is 2.70. The lowest BCUT2D eigenvalue weighted by Gasteiger charge is -2.14. The number of rotatable bonds is 2. The third-order valence-corrected chi connectivity index (χ3v) is 2.82. The lowest BCUT2D eigenvalue weighted by atomic mass is 9.92. The van der Waals surface area contributed by atoms with Gasteiger partial charge >= 0.3 is 0 Å². The molecule has 0 fully saturated rings. The molecule has 0 saturated heterocycles. The van der Waals surface area contributed by atoms with Crippen LogP contribution in [0.3, 0.4) is 0 Å². The highest BCUT2D eigenvalue weighted by Crippen LogP contribution is 2.25. The van der Waals surface area contributed by atoms with Crippen molar-refractivity contribution < 1.29 is 0 Å². The van der Waals surface area contributed by atoms with Crippen LogP contribution in [-0.2, 0) is 0 Å². The molecule has 1 aromatic carbocycles. The Kier molecular flexibility index (Phi) is 2.83. The molecule has 1 aliphatic rings. The summed E-state index contributed by atoms with van der Waals surface area (Å²) in [6, 6.07) is 10.6.